The fourth-order valence-corrected chi connectivity index (χ4v) is 9.19. The van der Waals surface area contributed by atoms with Crippen molar-refractivity contribution in [1.82, 2.24) is 34.5 Å². The quantitative estimate of drug-likeness (QED) is 0.200. The molecule has 3 aromatic heterocycles. The Labute approximate surface area is 324 Å². The molecule has 1 amide bonds. The van der Waals surface area contributed by atoms with E-state index >= 15 is 4.39 Å². The number of ether oxygens (including phenoxy) is 2. The highest BCUT2D eigenvalue weighted by atomic mass is 32.1. The molecule has 3 aliphatic heterocycles. The maximum atomic E-state index is 15.1. The third-order valence-corrected chi connectivity index (χ3v) is 11.9. The lowest BCUT2D eigenvalue weighted by Crippen LogP contribution is -2.45. The molecule has 0 aliphatic carbocycles. The summed E-state index contributed by atoms with van der Waals surface area (Å²) in [6, 6.07) is 20.8. The van der Waals surface area contributed by atoms with E-state index in [-0.39, 0.29) is 30.2 Å². The number of carbonyl (C=O) groups excluding carboxylic acids is 1. The van der Waals surface area contributed by atoms with Crippen molar-refractivity contribution in [2.45, 2.75) is 37.5 Å². The van der Waals surface area contributed by atoms with Gasteiger partial charge in [-0.15, -0.1) is 11.3 Å². The van der Waals surface area contributed by atoms with Crippen LogP contribution in [0.4, 0.5) is 26.0 Å². The first kappa shape index (κ1) is 36.0. The minimum Gasteiger partial charge on any atom is -0.490 e. The normalized spacial score (nSPS) is 20.2. The molecule has 56 heavy (non-hydrogen) atoms. The van der Waals surface area contributed by atoms with Gasteiger partial charge in [-0.1, -0.05) is 24.3 Å². The van der Waals surface area contributed by atoms with Gasteiger partial charge in [-0.2, -0.15) is 5.10 Å². The minimum absolute atomic E-state index is 0.0478. The van der Waals surface area contributed by atoms with Crippen LogP contribution in [-0.2, 0) is 16.9 Å². The molecular formula is C40H39F2N9O4S. The Balaban J connectivity index is 0.873. The van der Waals surface area contributed by atoms with E-state index in [0.29, 0.717) is 58.4 Å². The number of para-hydroxylation sites is 1. The van der Waals surface area contributed by atoms with Crippen LogP contribution in [0.2, 0.25) is 0 Å². The Morgan fingerprint density at radius 2 is 1.86 bits per heavy atom. The van der Waals surface area contributed by atoms with E-state index in [1.54, 1.807) is 17.1 Å². The molecule has 2 unspecified atom stereocenters. The van der Waals surface area contributed by atoms with Gasteiger partial charge in [-0.05, 0) is 67.6 Å². The van der Waals surface area contributed by atoms with Crippen LogP contribution < -0.4 is 26.2 Å². The Morgan fingerprint density at radius 1 is 1.02 bits per heavy atom. The first-order chi connectivity index (χ1) is 27.2. The first-order valence-corrected chi connectivity index (χ1v) is 19.4. The number of nitrogens with two attached hydrogens (primary N) is 1. The Kier molecular flexibility index (Phi) is 9.47. The van der Waals surface area contributed by atoms with Crippen molar-refractivity contribution >= 4 is 44.8 Å². The smallest absolute Gasteiger partial charge is 0.298 e. The summed E-state index contributed by atoms with van der Waals surface area (Å²) in [4.78, 5) is 41.0. The average molecular weight is 780 g/mol. The second-order valence-corrected chi connectivity index (χ2v) is 15.6. The molecule has 6 heterocycles. The van der Waals surface area contributed by atoms with Crippen molar-refractivity contribution in [3.63, 3.8) is 0 Å². The predicted molar refractivity (Wildman–Crippen MR) is 208 cm³/mol. The van der Waals surface area contributed by atoms with Gasteiger partial charge in [0.25, 0.3) is 11.5 Å². The predicted octanol–water partition coefficient (Wildman–Crippen LogP) is 5.26. The number of aromatic nitrogens is 5. The number of halogens is 2. The summed E-state index contributed by atoms with van der Waals surface area (Å²) in [6.45, 7) is 4.10. The van der Waals surface area contributed by atoms with Gasteiger partial charge in [0.1, 0.15) is 47.1 Å². The van der Waals surface area contributed by atoms with Crippen molar-refractivity contribution in [2.24, 2.45) is 5.92 Å². The van der Waals surface area contributed by atoms with Crippen molar-refractivity contribution in [1.29, 1.82) is 0 Å². The number of piperidine rings is 1. The lowest BCUT2D eigenvalue weighted by molar-refractivity contribution is -0.0206. The Hall–Kier alpha value is -5.71. The van der Waals surface area contributed by atoms with Crippen LogP contribution in [0.15, 0.2) is 90.2 Å². The van der Waals surface area contributed by atoms with E-state index in [2.05, 4.69) is 30.2 Å². The molecule has 9 rings (SSSR count). The molecular weight excluding hydrogens is 741 g/mol. The van der Waals surface area contributed by atoms with Crippen LogP contribution in [0.1, 0.15) is 34.5 Å². The number of rotatable bonds is 9. The fourth-order valence-electron chi connectivity index (χ4n) is 8.26. The number of fused-ring (bicyclic) bond motifs is 2. The first-order valence-electron chi connectivity index (χ1n) is 18.6. The summed E-state index contributed by atoms with van der Waals surface area (Å²) in [5.74, 6) is -0.862. The molecule has 0 bridgehead atoms. The number of nitrogens with one attached hydrogen (secondary N) is 1. The van der Waals surface area contributed by atoms with Gasteiger partial charge in [-0.3, -0.25) is 14.2 Å². The zero-order valence-corrected chi connectivity index (χ0v) is 31.1. The van der Waals surface area contributed by atoms with Gasteiger partial charge in [0.05, 0.1) is 41.5 Å². The number of thiophene rings is 1. The summed E-state index contributed by atoms with van der Waals surface area (Å²) in [6.07, 6.45) is 5.00. The summed E-state index contributed by atoms with van der Waals surface area (Å²) in [5, 5.41) is 7.41. The van der Waals surface area contributed by atoms with E-state index in [0.717, 1.165) is 49.9 Å². The van der Waals surface area contributed by atoms with E-state index < -0.39 is 22.8 Å². The highest BCUT2D eigenvalue weighted by Crippen LogP contribution is 2.43. The summed E-state index contributed by atoms with van der Waals surface area (Å²) < 4.78 is 44.4. The molecule has 2 atom stereocenters. The number of anilines is 3. The number of hydrogen-bond acceptors (Lipinski definition) is 11. The molecule has 2 saturated heterocycles. The topological polar surface area (TPSA) is 146 Å². The molecule has 0 spiro atoms. The highest BCUT2D eigenvalue weighted by molar-refractivity contribution is 7.20. The molecule has 0 radical (unpaired) electrons. The van der Waals surface area contributed by atoms with Crippen molar-refractivity contribution in [2.75, 3.05) is 50.0 Å². The third kappa shape index (κ3) is 6.88. The van der Waals surface area contributed by atoms with Crippen LogP contribution in [0.3, 0.4) is 0 Å². The molecule has 0 saturated carbocycles. The van der Waals surface area contributed by atoms with Gasteiger partial charge in [0.2, 0.25) is 0 Å². The number of benzene rings is 3. The lowest BCUT2D eigenvalue weighted by Gasteiger charge is -2.34. The largest absolute Gasteiger partial charge is 0.490 e. The van der Waals surface area contributed by atoms with Gasteiger partial charge >= 0.3 is 0 Å². The zero-order valence-electron chi connectivity index (χ0n) is 30.3. The molecule has 6 aromatic rings. The summed E-state index contributed by atoms with van der Waals surface area (Å²) in [5.41, 5.74) is 7.90. The molecule has 3 aromatic carbocycles. The molecule has 3 aliphatic rings. The van der Waals surface area contributed by atoms with Gasteiger partial charge in [0, 0.05) is 43.0 Å². The number of amides is 1. The fraction of sp³-hybridized carbons (Fsp3) is 0.325. The third-order valence-electron chi connectivity index (χ3n) is 10.9. The molecule has 16 heteroatoms. The van der Waals surface area contributed by atoms with Gasteiger partial charge in [0.15, 0.2) is 5.82 Å². The number of likely N-dealkylation sites (tertiary alicyclic amines) is 1. The second-order valence-electron chi connectivity index (χ2n) is 14.6. The highest BCUT2D eigenvalue weighted by Gasteiger charge is 2.45. The maximum absolute atomic E-state index is 15.1. The van der Waals surface area contributed by atoms with Gasteiger partial charge in [-0.25, -0.2) is 23.4 Å². The minimum atomic E-state index is -1.01. The number of nitrogens with zero attached hydrogens (tertiary/aromatic N) is 7. The number of carbonyl (C=O) groups is 1. The Morgan fingerprint density at radius 3 is 2.64 bits per heavy atom. The standard InChI is InChI=1S/C40H39F2N9O4S/c41-26-6-8-30(31(42)16-26)40(22-49-24-44-23-45-49)19-25(21-55-40)20-48-12-10-27(11-13-48)46-37(52)35-18-33-38(56-35)47-36(43)39(53)51(33)29-7-9-34-32(17-29)50(14-15-54-34)28-4-2-1-3-5-28/h1-9,16-18,23-25,27H,10-15,19-22H2,(H2,43,47)(H,46,52). The molecule has 13 nitrogen and oxygen atoms in total. The van der Waals surface area contributed by atoms with E-state index in [1.165, 1.54) is 34.4 Å². The van der Waals surface area contributed by atoms with Crippen LogP contribution >= 0.6 is 11.3 Å². The molecule has 3 N–H and O–H groups in total. The zero-order chi connectivity index (χ0) is 38.4. The lowest BCUT2D eigenvalue weighted by atomic mass is 9.86. The second kappa shape index (κ2) is 14.7. The maximum Gasteiger partial charge on any atom is 0.298 e. The van der Waals surface area contributed by atoms with Crippen molar-refractivity contribution in [3.8, 4) is 11.4 Å². The van der Waals surface area contributed by atoms with Crippen LogP contribution in [0.5, 0.6) is 5.75 Å². The van der Waals surface area contributed by atoms with Crippen LogP contribution in [0.25, 0.3) is 16.0 Å². The summed E-state index contributed by atoms with van der Waals surface area (Å²) in [7, 11) is 0. The van der Waals surface area contributed by atoms with E-state index in [1.807, 2.05) is 48.5 Å². The number of nitrogen functional groups attached to an aromatic ring is 1. The van der Waals surface area contributed by atoms with E-state index in [9.17, 15) is 14.0 Å². The van der Waals surface area contributed by atoms with Gasteiger partial charge < -0.3 is 30.3 Å². The van der Waals surface area contributed by atoms with Crippen molar-refractivity contribution < 1.29 is 23.0 Å². The van der Waals surface area contributed by atoms with E-state index in [4.69, 9.17) is 15.2 Å². The average Bonchev–Trinajstić information content (AvgIpc) is 3.97. The molecule has 2 fully saturated rings. The van der Waals surface area contributed by atoms with Crippen molar-refractivity contribution in [3.05, 3.63) is 118 Å². The van der Waals surface area contributed by atoms with Crippen LogP contribution in [-0.4, -0.2) is 80.6 Å². The SMILES string of the molecule is Nc1nc2sc(C(=O)NC3CCN(CC4COC(Cn5cncn5)(c5ccc(F)cc5F)C4)CC3)cc2n(-c2ccc3c(c2)N(c2ccccc2)CCO3)c1=O. The monoisotopic (exact) mass is 779 g/mol. The Bertz CT molecular complexity index is 2450. The summed E-state index contributed by atoms with van der Waals surface area (Å²) >= 11 is 1.19. The molecule has 288 valence electrons. The number of hydrogen-bond donors (Lipinski definition) is 2. The van der Waals surface area contributed by atoms with Crippen LogP contribution in [0, 0.1) is 17.6 Å².